The first kappa shape index (κ1) is 29.0. The summed E-state index contributed by atoms with van der Waals surface area (Å²) in [6, 6.07) is 7.14. The highest BCUT2D eigenvalue weighted by Gasteiger charge is 2.57. The summed E-state index contributed by atoms with van der Waals surface area (Å²) in [4.78, 5) is 20.8. The van der Waals surface area contributed by atoms with Gasteiger partial charge in [0.25, 0.3) is 5.91 Å². The van der Waals surface area contributed by atoms with E-state index in [1.807, 2.05) is 0 Å². The van der Waals surface area contributed by atoms with Gasteiger partial charge in [-0.2, -0.15) is 13.2 Å². The van der Waals surface area contributed by atoms with Crippen molar-refractivity contribution in [1.82, 2.24) is 15.3 Å². The molecule has 214 valence electrons. The van der Waals surface area contributed by atoms with E-state index in [9.17, 15) is 27.5 Å². The monoisotopic (exact) mass is 565 g/mol. The van der Waals surface area contributed by atoms with Gasteiger partial charge in [0.05, 0.1) is 49.1 Å². The van der Waals surface area contributed by atoms with Crippen LogP contribution in [0.5, 0.6) is 11.5 Å². The van der Waals surface area contributed by atoms with Crippen LogP contribution >= 0.6 is 0 Å². The number of hydrogen-bond acceptors (Lipinski definition) is 9. The number of nitrogens with two attached hydrogens (primary N) is 1. The summed E-state index contributed by atoms with van der Waals surface area (Å²) in [6.07, 6.45) is -4.17. The molecule has 0 saturated heterocycles. The van der Waals surface area contributed by atoms with Gasteiger partial charge >= 0.3 is 6.18 Å². The number of alkyl halides is 3. The van der Waals surface area contributed by atoms with E-state index in [-0.39, 0.29) is 53.8 Å². The largest absolute Gasteiger partial charge is 0.493 e. The molecule has 4 rings (SSSR count). The van der Waals surface area contributed by atoms with Gasteiger partial charge in [-0.05, 0) is 37.3 Å². The fraction of sp³-hybridized carbons (Fsp3) is 0.346. The number of methoxy groups -OCH3 is 1. The molecule has 1 aliphatic rings. The molecule has 2 unspecified atom stereocenters. The highest BCUT2D eigenvalue weighted by molar-refractivity contribution is 5.93. The van der Waals surface area contributed by atoms with E-state index in [2.05, 4.69) is 20.6 Å². The predicted molar refractivity (Wildman–Crippen MR) is 135 cm³/mol. The number of ether oxygens (including phenoxy) is 2. The van der Waals surface area contributed by atoms with E-state index in [0.29, 0.717) is 5.69 Å². The minimum atomic E-state index is -5.29. The molecule has 0 fully saturated rings. The first-order valence-corrected chi connectivity index (χ1v) is 12.0. The molecule has 3 aromatic rings. The summed E-state index contributed by atoms with van der Waals surface area (Å²) >= 11 is 0. The number of benzene rings is 1. The first-order chi connectivity index (χ1) is 18.8. The average molecular weight is 566 g/mol. The van der Waals surface area contributed by atoms with Crippen LogP contribution in [0.4, 0.5) is 23.2 Å². The standard InChI is InChI=1S/C26H27F4N5O5/c1-24(31)12-33-22-16(24)9-20(35-21(22)14-3-5-15(27)6-4-14)25(38,26(28,29)30)13-34-23(37)17-10-18(39-2)19(11-32-17)40-8-7-36/h3-6,9-11,33,36,38H,7-8,12-13,31H2,1-2H3,(H,34,37). The highest BCUT2D eigenvalue weighted by Crippen LogP contribution is 2.45. The van der Waals surface area contributed by atoms with E-state index < -0.39 is 41.3 Å². The van der Waals surface area contributed by atoms with Crippen LogP contribution < -0.4 is 25.8 Å². The highest BCUT2D eigenvalue weighted by atomic mass is 19.4. The summed E-state index contributed by atoms with van der Waals surface area (Å²) in [5.41, 5.74) is 1.38. The van der Waals surface area contributed by atoms with Gasteiger partial charge in [0.2, 0.25) is 5.60 Å². The van der Waals surface area contributed by atoms with Gasteiger partial charge in [0.1, 0.15) is 18.1 Å². The maximum atomic E-state index is 14.5. The number of aliphatic hydroxyl groups is 2. The Morgan fingerprint density at radius 1 is 1.23 bits per heavy atom. The zero-order valence-electron chi connectivity index (χ0n) is 21.5. The Bertz CT molecular complexity index is 1400. The van der Waals surface area contributed by atoms with Crippen molar-refractivity contribution < 1.29 is 42.0 Å². The van der Waals surface area contributed by atoms with Crippen molar-refractivity contribution in [1.29, 1.82) is 0 Å². The molecule has 1 amide bonds. The lowest BCUT2D eigenvalue weighted by atomic mass is 9.89. The molecule has 1 aromatic carbocycles. The molecule has 0 radical (unpaired) electrons. The third-order valence-corrected chi connectivity index (χ3v) is 6.42. The zero-order chi connectivity index (χ0) is 29.3. The van der Waals surface area contributed by atoms with E-state index in [1.54, 1.807) is 6.92 Å². The predicted octanol–water partition coefficient (Wildman–Crippen LogP) is 2.44. The number of aliphatic hydroxyl groups excluding tert-OH is 1. The van der Waals surface area contributed by atoms with Crippen LogP contribution in [0.15, 0.2) is 42.6 Å². The van der Waals surface area contributed by atoms with Gasteiger partial charge in [0, 0.05) is 23.7 Å². The number of pyridine rings is 2. The molecule has 3 heterocycles. The van der Waals surface area contributed by atoms with Crippen LogP contribution in [0.2, 0.25) is 0 Å². The summed E-state index contributed by atoms with van der Waals surface area (Å²) in [7, 11) is 1.28. The zero-order valence-corrected chi connectivity index (χ0v) is 21.5. The SMILES string of the molecule is COc1cc(C(=O)NCC(O)(c2cc3c(c(-c4ccc(F)cc4)n2)NCC3(C)N)C(F)(F)F)ncc1OCCO. The van der Waals surface area contributed by atoms with Gasteiger partial charge in [-0.1, -0.05) is 0 Å². The van der Waals surface area contributed by atoms with E-state index in [1.165, 1.54) is 19.2 Å². The van der Waals surface area contributed by atoms with Gasteiger partial charge in [-0.25, -0.2) is 14.4 Å². The maximum absolute atomic E-state index is 14.5. The number of fused-ring (bicyclic) bond motifs is 1. The molecule has 0 bridgehead atoms. The van der Waals surface area contributed by atoms with Crippen molar-refractivity contribution in [3.8, 4) is 22.8 Å². The Morgan fingerprint density at radius 3 is 2.55 bits per heavy atom. The molecule has 6 N–H and O–H groups in total. The Hall–Kier alpha value is -4.01. The van der Waals surface area contributed by atoms with Crippen LogP contribution in [0.1, 0.15) is 28.7 Å². The lowest BCUT2D eigenvalue weighted by Gasteiger charge is -2.31. The number of nitrogens with zero attached hydrogens (tertiary/aromatic N) is 2. The number of nitrogens with one attached hydrogen (secondary N) is 2. The van der Waals surface area contributed by atoms with Crippen LogP contribution in [0, 0.1) is 5.82 Å². The van der Waals surface area contributed by atoms with Gasteiger partial charge in [0.15, 0.2) is 11.5 Å². The number of carbonyl (C=O) groups excluding carboxylic acids is 1. The molecule has 1 aliphatic heterocycles. The Labute approximate surface area is 226 Å². The van der Waals surface area contributed by atoms with Crippen LogP contribution in [0.25, 0.3) is 11.3 Å². The molecule has 0 spiro atoms. The van der Waals surface area contributed by atoms with Crippen molar-refractivity contribution >= 4 is 11.6 Å². The Balaban J connectivity index is 1.71. The Kier molecular flexibility index (Phi) is 7.87. The quantitative estimate of drug-likeness (QED) is 0.246. The van der Waals surface area contributed by atoms with E-state index in [4.69, 9.17) is 20.3 Å². The molecular formula is C26H27F4N5O5. The van der Waals surface area contributed by atoms with Crippen molar-refractivity contribution in [3.63, 3.8) is 0 Å². The van der Waals surface area contributed by atoms with Crippen molar-refractivity contribution in [2.75, 3.05) is 38.7 Å². The third-order valence-electron chi connectivity index (χ3n) is 6.42. The number of rotatable bonds is 9. The normalized spacial score (nSPS) is 17.9. The fourth-order valence-corrected chi connectivity index (χ4v) is 4.18. The number of aromatic nitrogens is 2. The minimum Gasteiger partial charge on any atom is -0.493 e. The maximum Gasteiger partial charge on any atom is 0.424 e. The number of anilines is 1. The number of halogens is 4. The number of carbonyl (C=O) groups is 1. The van der Waals surface area contributed by atoms with Crippen LogP contribution in [0.3, 0.4) is 0 Å². The number of amides is 1. The third kappa shape index (κ3) is 5.50. The van der Waals surface area contributed by atoms with Crippen molar-refractivity contribution in [2.24, 2.45) is 5.73 Å². The van der Waals surface area contributed by atoms with Gasteiger partial charge in [-0.15, -0.1) is 0 Å². The fourth-order valence-electron chi connectivity index (χ4n) is 4.18. The lowest BCUT2D eigenvalue weighted by Crippen LogP contribution is -2.52. The van der Waals surface area contributed by atoms with E-state index >= 15 is 0 Å². The minimum absolute atomic E-state index is 0.0283. The first-order valence-electron chi connectivity index (χ1n) is 12.0. The topological polar surface area (TPSA) is 152 Å². The smallest absolute Gasteiger partial charge is 0.424 e. The molecule has 10 nitrogen and oxygen atoms in total. The summed E-state index contributed by atoms with van der Waals surface area (Å²) in [5, 5.41) is 25.1. The van der Waals surface area contributed by atoms with Crippen LogP contribution in [-0.4, -0.2) is 65.7 Å². The molecule has 2 atom stereocenters. The average Bonchev–Trinajstić information content (AvgIpc) is 3.23. The number of hydrogen-bond donors (Lipinski definition) is 5. The van der Waals surface area contributed by atoms with E-state index in [0.717, 1.165) is 30.5 Å². The van der Waals surface area contributed by atoms with Crippen molar-refractivity contribution in [3.05, 3.63) is 65.4 Å². The summed E-state index contributed by atoms with van der Waals surface area (Å²) in [6.45, 7) is 0.0961. The molecule has 40 heavy (non-hydrogen) atoms. The second-order valence-corrected chi connectivity index (χ2v) is 9.39. The van der Waals surface area contributed by atoms with Gasteiger partial charge < -0.3 is 36.1 Å². The summed E-state index contributed by atoms with van der Waals surface area (Å²) < 4.78 is 67.3. The van der Waals surface area contributed by atoms with Crippen LogP contribution in [-0.2, 0) is 11.1 Å². The molecule has 0 aliphatic carbocycles. The molecular weight excluding hydrogens is 538 g/mol. The second kappa shape index (κ2) is 10.9. The molecule has 2 aromatic heterocycles. The lowest BCUT2D eigenvalue weighted by molar-refractivity contribution is -0.265. The molecule has 0 saturated carbocycles. The van der Waals surface area contributed by atoms with Crippen molar-refractivity contribution in [2.45, 2.75) is 24.2 Å². The van der Waals surface area contributed by atoms with Gasteiger partial charge in [-0.3, -0.25) is 4.79 Å². The summed E-state index contributed by atoms with van der Waals surface area (Å²) in [5.74, 6) is -1.44. The second-order valence-electron chi connectivity index (χ2n) is 9.39. The Morgan fingerprint density at radius 2 is 1.93 bits per heavy atom. The molecule has 14 heteroatoms.